The Hall–Kier alpha value is -0.803. The highest BCUT2D eigenvalue weighted by atomic mass is 28.3. The highest BCUT2D eigenvalue weighted by molar-refractivity contribution is 6.76. The fourth-order valence-electron chi connectivity index (χ4n) is 3.65. The molecule has 4 atom stereocenters. The summed E-state index contributed by atoms with van der Waals surface area (Å²) in [7, 11) is -1.23. The van der Waals surface area contributed by atoms with Crippen molar-refractivity contribution in [2.24, 2.45) is 0 Å². The number of hydrogen-bond acceptors (Lipinski definition) is 6. The van der Waals surface area contributed by atoms with Crippen LogP contribution >= 0.6 is 0 Å². The Labute approximate surface area is 169 Å². The van der Waals surface area contributed by atoms with E-state index in [9.17, 15) is 5.11 Å². The first kappa shape index (κ1) is 21.9. The van der Waals surface area contributed by atoms with Crippen LogP contribution in [0, 0.1) is 0 Å². The van der Waals surface area contributed by atoms with E-state index >= 15 is 0 Å². The van der Waals surface area contributed by atoms with Crippen molar-refractivity contribution >= 4 is 8.07 Å². The van der Waals surface area contributed by atoms with Crippen molar-refractivity contribution in [2.75, 3.05) is 19.8 Å². The third-order valence-electron chi connectivity index (χ3n) is 5.21. The summed E-state index contributed by atoms with van der Waals surface area (Å²) in [5.74, 6) is -0.644. The summed E-state index contributed by atoms with van der Waals surface area (Å²) in [5, 5.41) is 12.6. The lowest BCUT2D eigenvalue weighted by atomic mass is 9.98. The molecule has 158 valence electrons. The third-order valence-corrected chi connectivity index (χ3v) is 6.92. The first-order valence-electron chi connectivity index (χ1n) is 10.2. The van der Waals surface area contributed by atoms with Crippen molar-refractivity contribution in [3.05, 3.63) is 35.9 Å². The Bertz CT molecular complexity index is 621. The molecule has 2 aliphatic heterocycles. The molecule has 0 amide bonds. The molecular formula is C21H35NO5Si. The maximum atomic E-state index is 10.7. The molecule has 6 nitrogen and oxygen atoms in total. The van der Waals surface area contributed by atoms with Crippen LogP contribution in [0.15, 0.2) is 30.3 Å². The van der Waals surface area contributed by atoms with Gasteiger partial charge >= 0.3 is 0 Å². The Kier molecular flexibility index (Phi) is 6.97. The molecule has 28 heavy (non-hydrogen) atoms. The number of aliphatic hydroxyl groups excluding tert-OH is 1. The van der Waals surface area contributed by atoms with Crippen LogP contribution in [0.25, 0.3) is 0 Å². The molecule has 2 aliphatic rings. The van der Waals surface area contributed by atoms with E-state index in [2.05, 4.69) is 31.8 Å². The third kappa shape index (κ3) is 5.85. The lowest BCUT2D eigenvalue weighted by molar-refractivity contribution is -0.302. The number of nitrogens with zero attached hydrogens (tertiary/aromatic N) is 1. The SMILES string of the molecule is CC1(C)OC[C@H]([C@H]2[C@@H](OCC[Si](C)(C)C)[C@H](O)CON2Cc2ccccc2)O1. The molecular weight excluding hydrogens is 374 g/mol. The number of benzene rings is 1. The highest BCUT2D eigenvalue weighted by Crippen LogP contribution is 2.32. The molecule has 7 heteroatoms. The number of ether oxygens (including phenoxy) is 3. The van der Waals surface area contributed by atoms with E-state index < -0.39 is 20.0 Å². The minimum Gasteiger partial charge on any atom is -0.388 e. The van der Waals surface area contributed by atoms with Crippen LogP contribution in [0.2, 0.25) is 25.7 Å². The van der Waals surface area contributed by atoms with Crippen molar-refractivity contribution in [1.82, 2.24) is 5.06 Å². The van der Waals surface area contributed by atoms with Crippen LogP contribution in [0.3, 0.4) is 0 Å². The molecule has 0 radical (unpaired) electrons. The molecule has 2 fully saturated rings. The lowest BCUT2D eigenvalue weighted by Crippen LogP contribution is -2.61. The first-order valence-corrected chi connectivity index (χ1v) is 13.9. The van der Waals surface area contributed by atoms with Crippen LogP contribution in [0.5, 0.6) is 0 Å². The van der Waals surface area contributed by atoms with Crippen LogP contribution in [0.4, 0.5) is 0 Å². The zero-order valence-corrected chi connectivity index (χ0v) is 18.8. The second kappa shape index (κ2) is 8.91. The van der Waals surface area contributed by atoms with Gasteiger partial charge < -0.3 is 19.3 Å². The molecule has 1 aromatic rings. The van der Waals surface area contributed by atoms with E-state index in [0.29, 0.717) is 19.8 Å². The Morgan fingerprint density at radius 1 is 1.18 bits per heavy atom. The average Bonchev–Trinajstić information content (AvgIpc) is 2.97. The summed E-state index contributed by atoms with van der Waals surface area (Å²) in [4.78, 5) is 5.94. The summed E-state index contributed by atoms with van der Waals surface area (Å²) < 4.78 is 18.2. The normalized spacial score (nSPS) is 31.2. The molecule has 3 rings (SSSR count). The summed E-state index contributed by atoms with van der Waals surface area (Å²) in [5.41, 5.74) is 1.14. The molecule has 1 N–H and O–H groups in total. The Balaban J connectivity index is 1.78. The van der Waals surface area contributed by atoms with E-state index in [1.54, 1.807) is 0 Å². The van der Waals surface area contributed by atoms with Gasteiger partial charge in [-0.15, -0.1) is 0 Å². The topological polar surface area (TPSA) is 60.4 Å². The smallest absolute Gasteiger partial charge is 0.163 e. The average molecular weight is 410 g/mol. The second-order valence-corrected chi connectivity index (χ2v) is 15.0. The van der Waals surface area contributed by atoms with Gasteiger partial charge in [-0.05, 0) is 25.5 Å². The zero-order chi connectivity index (χ0) is 20.4. The van der Waals surface area contributed by atoms with Crippen molar-refractivity contribution in [3.63, 3.8) is 0 Å². The van der Waals surface area contributed by atoms with E-state index in [1.807, 2.05) is 37.1 Å². The molecule has 0 saturated carbocycles. The van der Waals surface area contributed by atoms with Gasteiger partial charge in [0.05, 0.1) is 19.3 Å². The van der Waals surface area contributed by atoms with E-state index in [0.717, 1.165) is 11.6 Å². The standard InChI is InChI=1S/C21H35NO5Si/c1-21(2)25-15-18(27-21)19-20(24-11-12-28(3,4)5)17(23)14-26-22(19)13-16-9-7-6-8-10-16/h6-10,17-20,23H,11-15H2,1-5H3/t17-,18-,19+,20+/m1/s1. The number of hydrogen-bond donors (Lipinski definition) is 1. The van der Waals surface area contributed by atoms with Crippen LogP contribution in [0.1, 0.15) is 19.4 Å². The molecule has 0 spiro atoms. The fraction of sp³-hybridized carbons (Fsp3) is 0.714. The van der Waals surface area contributed by atoms with Gasteiger partial charge in [-0.1, -0.05) is 50.0 Å². The largest absolute Gasteiger partial charge is 0.388 e. The van der Waals surface area contributed by atoms with Crippen molar-refractivity contribution in [3.8, 4) is 0 Å². The van der Waals surface area contributed by atoms with Gasteiger partial charge in [0.25, 0.3) is 0 Å². The van der Waals surface area contributed by atoms with Gasteiger partial charge in [0.1, 0.15) is 18.3 Å². The van der Waals surface area contributed by atoms with E-state index in [4.69, 9.17) is 19.0 Å². The van der Waals surface area contributed by atoms with Crippen molar-refractivity contribution in [1.29, 1.82) is 0 Å². The second-order valence-electron chi connectivity index (χ2n) is 9.43. The summed E-state index contributed by atoms with van der Waals surface area (Å²) in [6.45, 7) is 12.7. The number of aliphatic hydroxyl groups is 1. The maximum Gasteiger partial charge on any atom is 0.163 e. The zero-order valence-electron chi connectivity index (χ0n) is 17.8. The van der Waals surface area contributed by atoms with Crippen LogP contribution in [-0.2, 0) is 25.6 Å². The predicted octanol–water partition coefficient (Wildman–Crippen LogP) is 3.04. The number of hydroxylamine groups is 2. The molecule has 0 aromatic heterocycles. The minimum absolute atomic E-state index is 0.220. The molecule has 0 unspecified atom stereocenters. The summed E-state index contributed by atoms with van der Waals surface area (Å²) in [6.07, 6.45) is -1.30. The molecule has 0 aliphatic carbocycles. The maximum absolute atomic E-state index is 10.7. The molecule has 2 saturated heterocycles. The quantitative estimate of drug-likeness (QED) is 0.699. The number of rotatable bonds is 7. The molecule has 0 bridgehead atoms. The van der Waals surface area contributed by atoms with Crippen LogP contribution < -0.4 is 0 Å². The van der Waals surface area contributed by atoms with Gasteiger partial charge in [-0.25, -0.2) is 0 Å². The molecule has 1 aromatic carbocycles. The van der Waals surface area contributed by atoms with E-state index in [1.165, 1.54) is 0 Å². The van der Waals surface area contributed by atoms with Crippen molar-refractivity contribution < 1.29 is 24.2 Å². The predicted molar refractivity (Wildman–Crippen MR) is 111 cm³/mol. The van der Waals surface area contributed by atoms with Crippen molar-refractivity contribution in [2.45, 2.75) is 76.2 Å². The Morgan fingerprint density at radius 2 is 1.89 bits per heavy atom. The van der Waals surface area contributed by atoms with Gasteiger partial charge in [0.2, 0.25) is 0 Å². The van der Waals surface area contributed by atoms with Gasteiger partial charge in [-0.3, -0.25) is 4.84 Å². The highest BCUT2D eigenvalue weighted by Gasteiger charge is 2.49. The first-order chi connectivity index (χ1) is 13.1. The lowest BCUT2D eigenvalue weighted by Gasteiger charge is -2.44. The monoisotopic (exact) mass is 409 g/mol. The van der Waals surface area contributed by atoms with Gasteiger partial charge in [-0.2, -0.15) is 5.06 Å². The summed E-state index contributed by atoms with van der Waals surface area (Å²) >= 11 is 0. The van der Waals surface area contributed by atoms with Gasteiger partial charge in [0.15, 0.2) is 5.79 Å². The fourth-order valence-corrected chi connectivity index (χ4v) is 4.38. The summed E-state index contributed by atoms with van der Waals surface area (Å²) in [6, 6.07) is 11.0. The Morgan fingerprint density at radius 3 is 2.50 bits per heavy atom. The van der Waals surface area contributed by atoms with Gasteiger partial charge in [0, 0.05) is 21.2 Å². The minimum atomic E-state index is -1.23. The molecule has 2 heterocycles. The van der Waals surface area contributed by atoms with E-state index in [-0.39, 0.29) is 24.9 Å². The van der Waals surface area contributed by atoms with Crippen LogP contribution in [-0.4, -0.2) is 68.2 Å².